The molecule has 0 radical (unpaired) electrons. The zero-order chi connectivity index (χ0) is 18.3. The zero-order valence-corrected chi connectivity index (χ0v) is 18.3. The molecule has 1 aromatic rings. The third kappa shape index (κ3) is 5.80. The molecule has 0 amide bonds. The van der Waals surface area contributed by atoms with E-state index in [9.17, 15) is 5.11 Å². The zero-order valence-electron chi connectivity index (χ0n) is 15.9. The Morgan fingerprint density at radius 3 is 2.15 bits per heavy atom. The molecule has 0 aromatic heterocycles. The van der Waals surface area contributed by atoms with E-state index in [-0.39, 0.29) is 24.0 Å². The molecule has 2 rings (SSSR count). The smallest absolute Gasteiger partial charge is 0.203 e. The van der Waals surface area contributed by atoms with E-state index in [2.05, 4.69) is 15.6 Å². The largest absolute Gasteiger partial charge is 0.493 e. The van der Waals surface area contributed by atoms with Crippen LogP contribution >= 0.6 is 24.0 Å². The Labute approximate surface area is 172 Å². The summed E-state index contributed by atoms with van der Waals surface area (Å²) in [5, 5.41) is 16.6. The molecule has 0 saturated heterocycles. The van der Waals surface area contributed by atoms with Gasteiger partial charge in [0, 0.05) is 13.1 Å². The van der Waals surface area contributed by atoms with Crippen molar-refractivity contribution in [1.29, 1.82) is 0 Å². The summed E-state index contributed by atoms with van der Waals surface area (Å²) < 4.78 is 16.1. The van der Waals surface area contributed by atoms with Crippen LogP contribution in [0.3, 0.4) is 0 Å². The second kappa shape index (κ2) is 10.7. The lowest BCUT2D eigenvalue weighted by atomic mass is 9.80. The molecule has 0 atom stereocenters. The molecular weight excluding hydrogens is 449 g/mol. The summed E-state index contributed by atoms with van der Waals surface area (Å²) in [5.41, 5.74) is 0.344. The molecule has 1 fully saturated rings. The van der Waals surface area contributed by atoms with Gasteiger partial charge in [-0.3, -0.25) is 0 Å². The van der Waals surface area contributed by atoms with Crippen molar-refractivity contribution in [3.63, 3.8) is 0 Å². The Bertz CT molecular complexity index is 581. The fourth-order valence-corrected chi connectivity index (χ4v) is 2.75. The molecule has 1 aliphatic rings. The highest BCUT2D eigenvalue weighted by Crippen LogP contribution is 2.38. The van der Waals surface area contributed by atoms with Crippen LogP contribution in [0.15, 0.2) is 17.1 Å². The molecule has 0 bridgehead atoms. The summed E-state index contributed by atoms with van der Waals surface area (Å²) in [7, 11) is 4.77. The Kier molecular flexibility index (Phi) is 9.28. The minimum Gasteiger partial charge on any atom is -0.493 e. The van der Waals surface area contributed by atoms with Gasteiger partial charge >= 0.3 is 0 Å². The van der Waals surface area contributed by atoms with Gasteiger partial charge in [-0.1, -0.05) is 0 Å². The molecule has 0 unspecified atom stereocenters. The number of halogens is 1. The molecule has 3 N–H and O–H groups in total. The lowest BCUT2D eigenvalue weighted by Crippen LogP contribution is -2.50. The van der Waals surface area contributed by atoms with Crippen molar-refractivity contribution in [2.45, 2.75) is 38.3 Å². The van der Waals surface area contributed by atoms with Gasteiger partial charge in [-0.2, -0.15) is 0 Å². The summed E-state index contributed by atoms with van der Waals surface area (Å²) in [4.78, 5) is 4.58. The van der Waals surface area contributed by atoms with Gasteiger partial charge in [-0.25, -0.2) is 4.99 Å². The van der Waals surface area contributed by atoms with Crippen LogP contribution in [-0.2, 0) is 6.54 Å². The van der Waals surface area contributed by atoms with Gasteiger partial charge in [0.05, 0.1) is 33.5 Å². The third-order valence-electron chi connectivity index (χ3n) is 4.36. The average Bonchev–Trinajstić information content (AvgIpc) is 2.61. The van der Waals surface area contributed by atoms with Crippen molar-refractivity contribution in [1.82, 2.24) is 10.6 Å². The quantitative estimate of drug-likeness (QED) is 0.302. The molecule has 0 aliphatic heterocycles. The number of benzene rings is 1. The van der Waals surface area contributed by atoms with Crippen LogP contribution in [0.2, 0.25) is 0 Å². The molecule has 1 aromatic carbocycles. The Morgan fingerprint density at radius 1 is 1.12 bits per heavy atom. The van der Waals surface area contributed by atoms with E-state index in [0.717, 1.165) is 31.4 Å². The van der Waals surface area contributed by atoms with Crippen LogP contribution in [0.25, 0.3) is 0 Å². The van der Waals surface area contributed by atoms with Crippen LogP contribution in [-0.4, -0.2) is 51.1 Å². The number of methoxy groups -OCH3 is 3. The van der Waals surface area contributed by atoms with Crippen LogP contribution in [0.1, 0.15) is 31.7 Å². The topological polar surface area (TPSA) is 84.3 Å². The number of aliphatic hydroxyl groups is 1. The average molecular weight is 479 g/mol. The van der Waals surface area contributed by atoms with Crippen molar-refractivity contribution in [2.75, 3.05) is 34.4 Å². The highest BCUT2D eigenvalue weighted by atomic mass is 127. The fourth-order valence-electron chi connectivity index (χ4n) is 2.75. The molecule has 1 aliphatic carbocycles. The first-order chi connectivity index (χ1) is 12.0. The molecule has 0 spiro atoms. The maximum Gasteiger partial charge on any atom is 0.203 e. The Balaban J connectivity index is 0.00000338. The Hall–Kier alpha value is -1.42. The van der Waals surface area contributed by atoms with Crippen LogP contribution in [0.4, 0.5) is 0 Å². The Morgan fingerprint density at radius 2 is 1.73 bits per heavy atom. The number of nitrogens with one attached hydrogen (secondary N) is 2. The number of ether oxygens (including phenoxy) is 3. The van der Waals surface area contributed by atoms with Gasteiger partial charge in [0.25, 0.3) is 0 Å². The number of hydrogen-bond acceptors (Lipinski definition) is 5. The highest BCUT2D eigenvalue weighted by molar-refractivity contribution is 14.0. The van der Waals surface area contributed by atoms with Crippen molar-refractivity contribution in [3.8, 4) is 17.2 Å². The predicted molar refractivity (Wildman–Crippen MR) is 113 cm³/mol. The van der Waals surface area contributed by atoms with Gasteiger partial charge in [-0.15, -0.1) is 24.0 Å². The summed E-state index contributed by atoms with van der Waals surface area (Å²) in [6.07, 6.45) is 2.76. The maximum atomic E-state index is 10.2. The van der Waals surface area contributed by atoms with Crippen LogP contribution in [0, 0.1) is 0 Å². The summed E-state index contributed by atoms with van der Waals surface area (Å²) in [6, 6.07) is 3.77. The van der Waals surface area contributed by atoms with Gasteiger partial charge in [0.1, 0.15) is 0 Å². The number of guanidine groups is 1. The van der Waals surface area contributed by atoms with Gasteiger partial charge in [0.2, 0.25) is 5.75 Å². The standard InChI is InChI=1S/C18H29N3O4.HI/c1-5-19-17(21-12-18(22)7-6-8-18)20-11-13-9-14(23-2)16(25-4)15(10-13)24-3;/h9-10,22H,5-8,11-12H2,1-4H3,(H2,19,20,21);1H. The summed E-state index contributed by atoms with van der Waals surface area (Å²) in [6.45, 7) is 3.72. The van der Waals surface area contributed by atoms with E-state index in [1.165, 1.54) is 0 Å². The van der Waals surface area contributed by atoms with Gasteiger partial charge in [-0.05, 0) is 43.9 Å². The lowest BCUT2D eigenvalue weighted by molar-refractivity contribution is -0.0279. The van der Waals surface area contributed by atoms with Gasteiger partial charge < -0.3 is 30.0 Å². The maximum absolute atomic E-state index is 10.2. The first kappa shape index (κ1) is 22.6. The first-order valence-corrected chi connectivity index (χ1v) is 8.58. The fraction of sp³-hybridized carbons (Fsp3) is 0.611. The minimum atomic E-state index is -0.594. The third-order valence-corrected chi connectivity index (χ3v) is 4.36. The number of aliphatic imine (C=N–C) groups is 1. The molecule has 0 heterocycles. The molecule has 7 nitrogen and oxygen atoms in total. The first-order valence-electron chi connectivity index (χ1n) is 8.58. The van der Waals surface area contributed by atoms with E-state index in [1.54, 1.807) is 21.3 Å². The molecular formula is C18H30IN3O4. The summed E-state index contributed by atoms with van der Waals surface area (Å²) >= 11 is 0. The summed E-state index contributed by atoms with van der Waals surface area (Å²) in [5.74, 6) is 2.45. The van der Waals surface area contributed by atoms with Gasteiger partial charge in [0.15, 0.2) is 17.5 Å². The second-order valence-electron chi connectivity index (χ2n) is 6.16. The molecule has 26 heavy (non-hydrogen) atoms. The van der Waals surface area contributed by atoms with Crippen LogP contribution < -0.4 is 24.8 Å². The molecule has 1 saturated carbocycles. The van der Waals surface area contributed by atoms with Crippen molar-refractivity contribution >= 4 is 29.9 Å². The van der Waals surface area contributed by atoms with E-state index in [1.807, 2.05) is 19.1 Å². The van der Waals surface area contributed by atoms with Crippen molar-refractivity contribution < 1.29 is 19.3 Å². The lowest BCUT2D eigenvalue weighted by Gasteiger charge is -2.37. The molecule has 148 valence electrons. The normalized spacial score (nSPS) is 15.3. The number of nitrogens with zero attached hydrogens (tertiary/aromatic N) is 1. The van der Waals surface area contributed by atoms with Crippen molar-refractivity contribution in [2.24, 2.45) is 4.99 Å². The van der Waals surface area contributed by atoms with E-state index in [0.29, 0.717) is 36.3 Å². The minimum absolute atomic E-state index is 0. The van der Waals surface area contributed by atoms with Crippen LogP contribution in [0.5, 0.6) is 17.2 Å². The highest BCUT2D eigenvalue weighted by Gasteiger charge is 2.34. The molecule has 8 heteroatoms. The SMILES string of the molecule is CCNC(=NCc1cc(OC)c(OC)c(OC)c1)NCC1(O)CCC1.I. The van der Waals surface area contributed by atoms with E-state index < -0.39 is 5.60 Å². The monoisotopic (exact) mass is 479 g/mol. The second-order valence-corrected chi connectivity index (χ2v) is 6.16. The van der Waals surface area contributed by atoms with E-state index in [4.69, 9.17) is 14.2 Å². The predicted octanol–water partition coefficient (Wildman–Crippen LogP) is 2.30. The number of hydrogen-bond donors (Lipinski definition) is 3. The van der Waals surface area contributed by atoms with E-state index >= 15 is 0 Å². The van der Waals surface area contributed by atoms with Crippen molar-refractivity contribution in [3.05, 3.63) is 17.7 Å². The number of rotatable bonds is 8.